The third-order valence-corrected chi connectivity index (χ3v) is 3.76. The molecule has 1 aliphatic rings. The molecule has 0 aromatic heterocycles. The van der Waals surface area contributed by atoms with Gasteiger partial charge >= 0.3 is 0 Å². The smallest absolute Gasteiger partial charge is 0.0384 e. The number of hydrogen-bond acceptors (Lipinski definition) is 2. The molecule has 1 heterocycles. The third kappa shape index (κ3) is 2.85. The third-order valence-electron chi connectivity index (χ3n) is 3.76. The van der Waals surface area contributed by atoms with Crippen LogP contribution in [-0.2, 0) is 0 Å². The summed E-state index contributed by atoms with van der Waals surface area (Å²) in [5, 5.41) is 3.34. The Hall–Kier alpha value is -2.22. The van der Waals surface area contributed by atoms with Crippen molar-refractivity contribution in [2.24, 2.45) is 0 Å². The highest BCUT2D eigenvalue weighted by Gasteiger charge is 2.11. The van der Waals surface area contributed by atoms with E-state index in [0.29, 0.717) is 0 Å². The summed E-state index contributed by atoms with van der Waals surface area (Å²) >= 11 is 0. The van der Waals surface area contributed by atoms with Crippen LogP contribution in [0.2, 0.25) is 0 Å². The average molecular weight is 264 g/mol. The number of hydrogen-bond donors (Lipinski definition) is 1. The number of anilines is 2. The molecule has 2 heteroatoms. The number of para-hydroxylation sites is 1. The second-order valence-electron chi connectivity index (χ2n) is 5.21. The molecule has 1 N–H and O–H groups in total. The van der Waals surface area contributed by atoms with Gasteiger partial charge in [0, 0.05) is 30.2 Å². The van der Waals surface area contributed by atoms with Crippen molar-refractivity contribution in [2.45, 2.75) is 12.8 Å². The molecule has 0 spiro atoms. The summed E-state index contributed by atoms with van der Waals surface area (Å²) in [6, 6.07) is 18.8. The van der Waals surface area contributed by atoms with E-state index in [1.54, 1.807) is 0 Å². The van der Waals surface area contributed by atoms with Crippen molar-refractivity contribution in [3.8, 4) is 0 Å². The first-order valence-corrected chi connectivity index (χ1v) is 7.19. The molecule has 1 aliphatic heterocycles. The first-order chi connectivity index (χ1) is 9.83. The predicted molar refractivity (Wildman–Crippen MR) is 87.0 cm³/mol. The monoisotopic (exact) mass is 264 g/mol. The minimum atomic E-state index is 0.934. The van der Waals surface area contributed by atoms with Crippen molar-refractivity contribution < 1.29 is 0 Å². The van der Waals surface area contributed by atoms with Gasteiger partial charge in [0.1, 0.15) is 0 Å². The molecule has 0 amide bonds. The number of nitrogens with one attached hydrogen (secondary N) is 1. The molecule has 1 fully saturated rings. The lowest BCUT2D eigenvalue weighted by atomic mass is 10.1. The largest absolute Gasteiger partial charge is 0.372 e. The van der Waals surface area contributed by atoms with Crippen LogP contribution in [0.25, 0.3) is 5.70 Å². The van der Waals surface area contributed by atoms with Gasteiger partial charge < -0.3 is 10.2 Å². The molecule has 0 atom stereocenters. The lowest BCUT2D eigenvalue weighted by Gasteiger charge is -2.18. The van der Waals surface area contributed by atoms with E-state index in [0.717, 1.165) is 16.9 Å². The zero-order valence-electron chi connectivity index (χ0n) is 11.7. The Bertz CT molecular complexity index is 566. The molecule has 102 valence electrons. The van der Waals surface area contributed by atoms with Crippen LogP contribution in [0.3, 0.4) is 0 Å². The highest BCUT2D eigenvalue weighted by Crippen LogP contribution is 2.23. The van der Waals surface area contributed by atoms with Crippen LogP contribution < -0.4 is 10.2 Å². The van der Waals surface area contributed by atoms with Gasteiger partial charge in [0.05, 0.1) is 0 Å². The zero-order chi connectivity index (χ0) is 13.8. The van der Waals surface area contributed by atoms with E-state index in [1.165, 1.54) is 31.6 Å². The fourth-order valence-corrected chi connectivity index (χ4v) is 2.62. The standard InChI is InChI=1S/C18H20N2/c1-15(19-17-7-3-2-4-8-17)16-9-11-18(12-10-16)20-13-5-6-14-20/h2-4,7-12,19H,1,5-6,13-14H2. The lowest BCUT2D eigenvalue weighted by molar-refractivity contribution is 0.949. The zero-order valence-corrected chi connectivity index (χ0v) is 11.7. The molecule has 3 rings (SSSR count). The first kappa shape index (κ1) is 12.8. The molecule has 2 aromatic carbocycles. The Morgan fingerprint density at radius 2 is 1.55 bits per heavy atom. The Labute approximate surface area is 120 Å². The highest BCUT2D eigenvalue weighted by atomic mass is 15.1. The van der Waals surface area contributed by atoms with Crippen LogP contribution in [0.1, 0.15) is 18.4 Å². The number of rotatable bonds is 4. The molecule has 0 radical (unpaired) electrons. The lowest BCUT2D eigenvalue weighted by Crippen LogP contribution is -2.17. The van der Waals surface area contributed by atoms with Crippen LogP contribution in [0.5, 0.6) is 0 Å². The van der Waals surface area contributed by atoms with Crippen LogP contribution in [0.4, 0.5) is 11.4 Å². The molecule has 1 saturated heterocycles. The fraction of sp³-hybridized carbons (Fsp3) is 0.222. The maximum atomic E-state index is 4.12. The topological polar surface area (TPSA) is 15.3 Å². The molecule has 0 saturated carbocycles. The van der Waals surface area contributed by atoms with Crippen LogP contribution in [-0.4, -0.2) is 13.1 Å². The molecule has 2 nitrogen and oxygen atoms in total. The van der Waals surface area contributed by atoms with Gasteiger partial charge in [-0.15, -0.1) is 0 Å². The van der Waals surface area contributed by atoms with Gasteiger partial charge in [-0.05, 0) is 42.7 Å². The summed E-state index contributed by atoms with van der Waals surface area (Å²) in [4.78, 5) is 2.44. The number of benzene rings is 2. The van der Waals surface area contributed by atoms with Gasteiger partial charge in [0.15, 0.2) is 0 Å². The average Bonchev–Trinajstić information content (AvgIpc) is 3.03. The van der Waals surface area contributed by atoms with Gasteiger partial charge in [-0.1, -0.05) is 36.9 Å². The van der Waals surface area contributed by atoms with E-state index < -0.39 is 0 Å². The normalized spacial score (nSPS) is 14.3. The van der Waals surface area contributed by atoms with Crippen molar-refractivity contribution in [1.29, 1.82) is 0 Å². The Kier molecular flexibility index (Phi) is 3.73. The summed E-state index contributed by atoms with van der Waals surface area (Å²) < 4.78 is 0. The van der Waals surface area contributed by atoms with Gasteiger partial charge in [0.2, 0.25) is 0 Å². The van der Waals surface area contributed by atoms with Gasteiger partial charge in [0.25, 0.3) is 0 Å². The van der Waals surface area contributed by atoms with E-state index in [4.69, 9.17) is 0 Å². The van der Waals surface area contributed by atoms with Gasteiger partial charge in [-0.2, -0.15) is 0 Å². The second-order valence-corrected chi connectivity index (χ2v) is 5.21. The van der Waals surface area contributed by atoms with Crippen LogP contribution >= 0.6 is 0 Å². The molecule has 2 aromatic rings. The number of nitrogens with zero attached hydrogens (tertiary/aromatic N) is 1. The van der Waals surface area contributed by atoms with Crippen molar-refractivity contribution >= 4 is 17.1 Å². The van der Waals surface area contributed by atoms with Gasteiger partial charge in [-0.25, -0.2) is 0 Å². The van der Waals surface area contributed by atoms with E-state index >= 15 is 0 Å². The SMILES string of the molecule is C=C(Nc1ccccc1)c1ccc(N2CCCC2)cc1. The molecule has 20 heavy (non-hydrogen) atoms. The fourth-order valence-electron chi connectivity index (χ4n) is 2.62. The van der Waals surface area contributed by atoms with Crippen molar-refractivity contribution in [3.05, 3.63) is 66.7 Å². The first-order valence-electron chi connectivity index (χ1n) is 7.19. The maximum Gasteiger partial charge on any atom is 0.0384 e. The van der Waals surface area contributed by atoms with Crippen molar-refractivity contribution in [3.63, 3.8) is 0 Å². The molecular weight excluding hydrogens is 244 g/mol. The quantitative estimate of drug-likeness (QED) is 0.882. The summed E-state index contributed by atoms with van der Waals surface area (Å²) in [5.74, 6) is 0. The van der Waals surface area contributed by atoms with E-state index in [9.17, 15) is 0 Å². The van der Waals surface area contributed by atoms with Crippen LogP contribution in [0, 0.1) is 0 Å². The summed E-state index contributed by atoms with van der Waals surface area (Å²) in [5.41, 5.74) is 4.46. The van der Waals surface area contributed by atoms with Crippen LogP contribution in [0.15, 0.2) is 61.2 Å². The Morgan fingerprint density at radius 3 is 2.20 bits per heavy atom. The molecule has 0 aliphatic carbocycles. The van der Waals surface area contributed by atoms with E-state index in [-0.39, 0.29) is 0 Å². The molecule has 0 bridgehead atoms. The summed E-state index contributed by atoms with van der Waals surface area (Å²) in [7, 11) is 0. The summed E-state index contributed by atoms with van der Waals surface area (Å²) in [6.07, 6.45) is 2.62. The van der Waals surface area contributed by atoms with Gasteiger partial charge in [-0.3, -0.25) is 0 Å². The minimum absolute atomic E-state index is 0.934. The molecule has 0 unspecified atom stereocenters. The van der Waals surface area contributed by atoms with Crippen molar-refractivity contribution in [2.75, 3.05) is 23.3 Å². The maximum absolute atomic E-state index is 4.12. The predicted octanol–water partition coefficient (Wildman–Crippen LogP) is 4.37. The summed E-state index contributed by atoms with van der Waals surface area (Å²) in [6.45, 7) is 6.49. The highest BCUT2D eigenvalue weighted by molar-refractivity contribution is 5.75. The minimum Gasteiger partial charge on any atom is -0.372 e. The Balaban J connectivity index is 1.69. The molecular formula is C18H20N2. The van der Waals surface area contributed by atoms with Crippen molar-refractivity contribution in [1.82, 2.24) is 0 Å². The van der Waals surface area contributed by atoms with E-state index in [2.05, 4.69) is 41.1 Å². The Morgan fingerprint density at radius 1 is 0.900 bits per heavy atom. The van der Waals surface area contributed by atoms with E-state index in [1.807, 2.05) is 30.3 Å². The second kappa shape index (κ2) is 5.83.